The second-order valence-electron chi connectivity index (χ2n) is 11.8. The van der Waals surface area contributed by atoms with Crippen LogP contribution in [0.3, 0.4) is 0 Å². The average molecular weight is 623 g/mol. The van der Waals surface area contributed by atoms with E-state index in [1.807, 2.05) is 24.1 Å². The standard InChI is InChI=1S/C18H29N5O.C11H18O.C3H3NS.C3H4/c1-13-11-23(10-7-19-13)18(4)5-8-22(9-6-18)17(24)16-14(2)20-12-21-15(16)3;1-4-6-10-8-11(12-5-2)7-9(10)3;1-2-5-3-4-1;1-3-2/h12-13,19H,5-11H2,1-4H3;4,6,11H,5,7-8H2,1-3H3;1-3H;1H,2H3/b;6-4-;;/t13-;;;/m0.../s1. The highest BCUT2D eigenvalue weighted by Gasteiger charge is 2.38. The minimum Gasteiger partial charge on any atom is -0.378 e. The predicted octanol–water partition coefficient (Wildman–Crippen LogP) is 6.24. The molecule has 0 bridgehead atoms. The number of ether oxygens (including phenoxy) is 1. The van der Waals surface area contributed by atoms with Gasteiger partial charge in [-0.05, 0) is 86.6 Å². The first-order valence-corrected chi connectivity index (χ1v) is 16.7. The molecule has 1 amide bonds. The van der Waals surface area contributed by atoms with Crippen LogP contribution in [0.1, 0.15) is 89.0 Å². The molecule has 0 saturated carbocycles. The van der Waals surface area contributed by atoms with Gasteiger partial charge in [0.15, 0.2) is 0 Å². The summed E-state index contributed by atoms with van der Waals surface area (Å²) in [5, 5.41) is 5.44. The first-order valence-electron chi connectivity index (χ1n) is 15.8. The van der Waals surface area contributed by atoms with Gasteiger partial charge in [0.1, 0.15) is 6.33 Å². The van der Waals surface area contributed by atoms with Crippen LogP contribution < -0.4 is 5.32 Å². The lowest BCUT2D eigenvalue weighted by Crippen LogP contribution is -2.61. The van der Waals surface area contributed by atoms with Crippen molar-refractivity contribution in [2.45, 2.75) is 98.8 Å². The van der Waals surface area contributed by atoms with Crippen LogP contribution in [0, 0.1) is 26.2 Å². The van der Waals surface area contributed by atoms with Gasteiger partial charge in [0.2, 0.25) is 0 Å². The number of hydrogen-bond donors (Lipinski definition) is 1. The van der Waals surface area contributed by atoms with Gasteiger partial charge in [-0.3, -0.25) is 14.7 Å². The highest BCUT2D eigenvalue weighted by atomic mass is 32.1. The lowest BCUT2D eigenvalue weighted by molar-refractivity contribution is 0.0164. The minimum atomic E-state index is 0.0846. The third kappa shape index (κ3) is 11.6. The number of nitrogens with zero attached hydrogens (tertiary/aromatic N) is 5. The molecule has 0 radical (unpaired) electrons. The molecular weight excluding hydrogens is 568 g/mol. The Kier molecular flexibility index (Phi) is 16.5. The van der Waals surface area contributed by atoms with E-state index in [2.05, 4.69) is 84.3 Å². The summed E-state index contributed by atoms with van der Waals surface area (Å²) < 4.78 is 5.57. The maximum Gasteiger partial charge on any atom is 0.257 e. The van der Waals surface area contributed by atoms with Crippen LogP contribution in [0.15, 0.2) is 46.7 Å². The van der Waals surface area contributed by atoms with Crippen molar-refractivity contribution in [1.29, 1.82) is 0 Å². The Morgan fingerprint density at radius 2 is 1.86 bits per heavy atom. The maximum absolute atomic E-state index is 12.9. The van der Waals surface area contributed by atoms with E-state index < -0.39 is 0 Å². The summed E-state index contributed by atoms with van der Waals surface area (Å²) in [4.78, 5) is 29.6. The van der Waals surface area contributed by atoms with Crippen LogP contribution in [0.2, 0.25) is 0 Å². The van der Waals surface area contributed by atoms with Crippen molar-refractivity contribution in [2.75, 3.05) is 39.3 Å². The predicted molar refractivity (Wildman–Crippen MR) is 183 cm³/mol. The average Bonchev–Trinajstić information content (AvgIpc) is 3.69. The number of amides is 1. The normalized spacial score (nSPS) is 21.3. The van der Waals surface area contributed by atoms with Gasteiger partial charge in [0.05, 0.1) is 28.6 Å². The fraction of sp³-hybridized carbons (Fsp3) is 0.600. The van der Waals surface area contributed by atoms with Crippen molar-refractivity contribution in [3.8, 4) is 12.3 Å². The molecule has 44 heavy (non-hydrogen) atoms. The Hall–Kier alpha value is -2.90. The zero-order valence-corrected chi connectivity index (χ0v) is 29.0. The molecule has 0 spiro atoms. The second kappa shape index (κ2) is 19.5. The molecular formula is C35H54N6O2S. The number of piperidine rings is 1. The second-order valence-corrected chi connectivity index (χ2v) is 12.5. The fourth-order valence-electron chi connectivity index (χ4n) is 5.90. The lowest BCUT2D eigenvalue weighted by Gasteiger charge is -2.49. The molecule has 2 aliphatic heterocycles. The number of allylic oxidation sites excluding steroid dienone is 2. The Morgan fingerprint density at radius 1 is 1.20 bits per heavy atom. The number of terminal acetylenes is 1. The van der Waals surface area contributed by atoms with E-state index in [0.717, 1.165) is 76.4 Å². The Balaban J connectivity index is 0.000000278. The van der Waals surface area contributed by atoms with Crippen molar-refractivity contribution < 1.29 is 9.53 Å². The van der Waals surface area contributed by atoms with Crippen LogP contribution >= 0.6 is 11.3 Å². The van der Waals surface area contributed by atoms with E-state index in [1.54, 1.807) is 30.0 Å². The molecule has 242 valence electrons. The molecule has 1 N–H and O–H groups in total. The summed E-state index contributed by atoms with van der Waals surface area (Å²) >= 11 is 1.60. The Morgan fingerprint density at radius 3 is 2.36 bits per heavy atom. The molecule has 0 aromatic carbocycles. The smallest absolute Gasteiger partial charge is 0.257 e. The maximum atomic E-state index is 12.9. The first-order chi connectivity index (χ1) is 21.1. The van der Waals surface area contributed by atoms with Crippen LogP contribution in [0.5, 0.6) is 0 Å². The molecule has 4 heterocycles. The van der Waals surface area contributed by atoms with Crippen molar-refractivity contribution in [3.63, 3.8) is 0 Å². The monoisotopic (exact) mass is 622 g/mol. The zero-order valence-electron chi connectivity index (χ0n) is 28.2. The molecule has 2 saturated heterocycles. The number of aromatic nitrogens is 3. The molecule has 8 nitrogen and oxygen atoms in total. The number of nitrogens with one attached hydrogen (secondary N) is 1. The fourth-order valence-corrected chi connectivity index (χ4v) is 6.25. The Labute approximate surface area is 270 Å². The number of likely N-dealkylation sites (tertiary alicyclic amines) is 1. The summed E-state index contributed by atoms with van der Waals surface area (Å²) in [6, 6.07) is 0.544. The number of thiazole rings is 1. The molecule has 2 fully saturated rings. The summed E-state index contributed by atoms with van der Waals surface area (Å²) in [7, 11) is 0. The number of piperazine rings is 1. The first kappa shape index (κ1) is 37.3. The van der Waals surface area contributed by atoms with Crippen LogP contribution in [-0.2, 0) is 4.74 Å². The highest BCUT2D eigenvalue weighted by molar-refractivity contribution is 7.07. The van der Waals surface area contributed by atoms with Gasteiger partial charge < -0.3 is 15.0 Å². The number of carbonyl (C=O) groups excluding carboxylic acids is 1. The van der Waals surface area contributed by atoms with Crippen molar-refractivity contribution in [3.05, 3.63) is 63.7 Å². The van der Waals surface area contributed by atoms with E-state index in [4.69, 9.17) is 4.74 Å². The number of hydrogen-bond acceptors (Lipinski definition) is 8. The van der Waals surface area contributed by atoms with Gasteiger partial charge >= 0.3 is 0 Å². The number of aryl methyl sites for hydroxylation is 2. The van der Waals surface area contributed by atoms with E-state index in [0.29, 0.717) is 17.7 Å². The van der Waals surface area contributed by atoms with Crippen molar-refractivity contribution in [2.24, 2.45) is 0 Å². The van der Waals surface area contributed by atoms with Crippen LogP contribution in [0.4, 0.5) is 0 Å². The van der Waals surface area contributed by atoms with Crippen LogP contribution in [0.25, 0.3) is 0 Å². The largest absolute Gasteiger partial charge is 0.378 e. The third-order valence-corrected chi connectivity index (χ3v) is 8.87. The molecule has 1 unspecified atom stereocenters. The molecule has 2 atom stereocenters. The van der Waals surface area contributed by atoms with Gasteiger partial charge in [-0.15, -0.1) is 23.7 Å². The topological polar surface area (TPSA) is 83.5 Å². The van der Waals surface area contributed by atoms with E-state index >= 15 is 0 Å². The Bertz CT molecular complexity index is 1190. The van der Waals surface area contributed by atoms with Gasteiger partial charge in [-0.1, -0.05) is 17.7 Å². The van der Waals surface area contributed by atoms with E-state index in [-0.39, 0.29) is 11.4 Å². The molecule has 3 aliphatic rings. The number of rotatable bonds is 5. The zero-order chi connectivity index (χ0) is 32.5. The lowest BCUT2D eigenvalue weighted by atomic mass is 9.86. The minimum absolute atomic E-state index is 0.0846. The highest BCUT2D eigenvalue weighted by Crippen LogP contribution is 2.31. The van der Waals surface area contributed by atoms with Crippen LogP contribution in [-0.4, -0.2) is 87.7 Å². The molecule has 2 aromatic rings. The third-order valence-electron chi connectivity index (χ3n) is 8.35. The summed E-state index contributed by atoms with van der Waals surface area (Å²) in [5.74, 6) is 2.33. The summed E-state index contributed by atoms with van der Waals surface area (Å²) in [6.07, 6.45) is 16.9. The molecule has 9 heteroatoms. The van der Waals surface area contributed by atoms with Gasteiger partial charge in [0, 0.05) is 62.5 Å². The number of carbonyl (C=O) groups is 1. The van der Waals surface area contributed by atoms with Gasteiger partial charge in [0.25, 0.3) is 5.91 Å². The van der Waals surface area contributed by atoms with Gasteiger partial charge in [-0.2, -0.15) is 0 Å². The van der Waals surface area contributed by atoms with Gasteiger partial charge in [-0.25, -0.2) is 9.97 Å². The summed E-state index contributed by atoms with van der Waals surface area (Å²) in [5.41, 5.74) is 7.18. The van der Waals surface area contributed by atoms with E-state index in [1.165, 1.54) is 17.5 Å². The molecule has 1 aliphatic carbocycles. The van der Waals surface area contributed by atoms with E-state index in [9.17, 15) is 4.79 Å². The van der Waals surface area contributed by atoms with Crippen molar-refractivity contribution in [1.82, 2.24) is 30.1 Å². The quantitative estimate of drug-likeness (QED) is 0.395. The van der Waals surface area contributed by atoms with Crippen molar-refractivity contribution >= 4 is 17.2 Å². The molecule has 5 rings (SSSR count). The molecule has 2 aromatic heterocycles. The SMILES string of the molecule is C#CC.C/C=C\C1=C(C)CC(OCC)C1.Cc1ncnc(C)c1C(=O)N1CCC(C)(N2CCN[C@@H](C)C2)CC1.c1cscn1. The summed E-state index contributed by atoms with van der Waals surface area (Å²) in [6.45, 7) is 22.0.